The summed E-state index contributed by atoms with van der Waals surface area (Å²) in [6, 6.07) is 3.10. The number of likely N-dealkylation sites (tertiary alicyclic amines) is 1. The van der Waals surface area contributed by atoms with Gasteiger partial charge in [-0.05, 0) is 12.1 Å². The number of nitrogen functional groups attached to an aromatic ring is 1. The van der Waals surface area contributed by atoms with Crippen molar-refractivity contribution in [2.24, 2.45) is 0 Å². The molecule has 3 N–H and O–H groups in total. The molecule has 1 aromatic rings. The molecule has 2 rings (SSSR count). The molecule has 1 amide bonds. The highest BCUT2D eigenvalue weighted by molar-refractivity contribution is 5.78. The first-order valence-electron chi connectivity index (χ1n) is 5.98. The zero-order valence-corrected chi connectivity index (χ0v) is 10.5. The van der Waals surface area contributed by atoms with Crippen LogP contribution in [0.5, 0.6) is 0 Å². The minimum Gasteiger partial charge on any atom is -0.397 e. The van der Waals surface area contributed by atoms with Crippen molar-refractivity contribution in [3.05, 3.63) is 24.0 Å². The molecule has 1 saturated heterocycles. The Morgan fingerprint density at radius 3 is 2.70 bits per heavy atom. The number of hydrogen-bond acceptors (Lipinski definition) is 4. The summed E-state index contributed by atoms with van der Waals surface area (Å²) in [5, 5.41) is 9.50. The first kappa shape index (κ1) is 14.6. The predicted octanol–water partition coefficient (Wildman–Crippen LogP) is 0.732. The molecule has 1 atom stereocenters. The van der Waals surface area contributed by atoms with Crippen LogP contribution >= 0.6 is 0 Å². The second-order valence-corrected chi connectivity index (χ2v) is 4.85. The van der Waals surface area contributed by atoms with Crippen LogP contribution in [-0.4, -0.2) is 45.8 Å². The molecule has 0 aromatic carbocycles. The van der Waals surface area contributed by atoms with Crippen molar-refractivity contribution in [3.63, 3.8) is 0 Å². The average Bonchev–Trinajstić information content (AvgIpc) is 2.76. The number of pyridine rings is 1. The van der Waals surface area contributed by atoms with Crippen LogP contribution in [0, 0.1) is 0 Å². The standard InChI is InChI=1S/C12H14F3N3O2/c13-12(14,15)11(20)3-4-18(7-11)10(19)5-9-2-1-8(16)6-17-9/h1-2,6,20H,3-5,7,16H2. The number of hydrogen-bond donors (Lipinski definition) is 2. The summed E-state index contributed by atoms with van der Waals surface area (Å²) in [5.41, 5.74) is 3.50. The van der Waals surface area contributed by atoms with Gasteiger partial charge in [-0.3, -0.25) is 9.78 Å². The van der Waals surface area contributed by atoms with Crippen LogP contribution < -0.4 is 5.73 Å². The lowest BCUT2D eigenvalue weighted by Crippen LogP contribution is -2.48. The van der Waals surface area contributed by atoms with Gasteiger partial charge in [0.05, 0.1) is 24.8 Å². The van der Waals surface area contributed by atoms with Crippen molar-refractivity contribution in [2.45, 2.75) is 24.6 Å². The number of anilines is 1. The Bertz CT molecular complexity index is 504. The third kappa shape index (κ3) is 2.84. The maximum absolute atomic E-state index is 12.6. The molecule has 1 unspecified atom stereocenters. The number of nitrogens with two attached hydrogens (primary N) is 1. The molecule has 20 heavy (non-hydrogen) atoms. The first-order chi connectivity index (χ1) is 9.21. The van der Waals surface area contributed by atoms with Gasteiger partial charge in [0.2, 0.25) is 5.91 Å². The van der Waals surface area contributed by atoms with Crippen LogP contribution in [0.15, 0.2) is 18.3 Å². The fourth-order valence-electron chi connectivity index (χ4n) is 2.05. The van der Waals surface area contributed by atoms with Crippen molar-refractivity contribution < 1.29 is 23.1 Å². The summed E-state index contributed by atoms with van der Waals surface area (Å²) in [4.78, 5) is 16.8. The number of amides is 1. The molecule has 5 nitrogen and oxygen atoms in total. The molecular formula is C12H14F3N3O2. The van der Waals surface area contributed by atoms with E-state index in [0.29, 0.717) is 11.4 Å². The van der Waals surface area contributed by atoms with Crippen LogP contribution in [0.3, 0.4) is 0 Å². The zero-order valence-electron chi connectivity index (χ0n) is 10.5. The normalized spacial score (nSPS) is 23.1. The van der Waals surface area contributed by atoms with E-state index in [1.165, 1.54) is 6.20 Å². The number of rotatable bonds is 2. The summed E-state index contributed by atoms with van der Waals surface area (Å²) in [7, 11) is 0. The Morgan fingerprint density at radius 1 is 1.50 bits per heavy atom. The van der Waals surface area contributed by atoms with E-state index in [2.05, 4.69) is 4.98 Å². The van der Waals surface area contributed by atoms with Gasteiger partial charge in [-0.1, -0.05) is 0 Å². The number of alkyl halides is 3. The van der Waals surface area contributed by atoms with Crippen LogP contribution in [0.1, 0.15) is 12.1 Å². The fourth-order valence-corrected chi connectivity index (χ4v) is 2.05. The summed E-state index contributed by atoms with van der Waals surface area (Å²) < 4.78 is 37.9. The molecular weight excluding hydrogens is 275 g/mol. The van der Waals surface area contributed by atoms with Crippen LogP contribution in [0.4, 0.5) is 18.9 Å². The van der Waals surface area contributed by atoms with Crippen molar-refractivity contribution >= 4 is 11.6 Å². The number of carbonyl (C=O) groups is 1. The SMILES string of the molecule is Nc1ccc(CC(=O)N2CCC(O)(C(F)(F)F)C2)nc1. The summed E-state index contributed by atoms with van der Waals surface area (Å²) >= 11 is 0. The van der Waals surface area contributed by atoms with E-state index >= 15 is 0 Å². The third-order valence-electron chi connectivity index (χ3n) is 3.31. The van der Waals surface area contributed by atoms with Gasteiger partial charge >= 0.3 is 6.18 Å². The molecule has 0 radical (unpaired) electrons. The number of carbonyl (C=O) groups excluding carboxylic acids is 1. The lowest BCUT2D eigenvalue weighted by molar-refractivity contribution is -0.253. The Kier molecular flexibility index (Phi) is 3.59. The van der Waals surface area contributed by atoms with Crippen molar-refractivity contribution in [3.8, 4) is 0 Å². The van der Waals surface area contributed by atoms with Gasteiger partial charge in [0.1, 0.15) is 0 Å². The minimum atomic E-state index is -4.73. The predicted molar refractivity (Wildman–Crippen MR) is 64.6 cm³/mol. The van der Waals surface area contributed by atoms with E-state index in [4.69, 9.17) is 5.73 Å². The number of aliphatic hydroxyl groups is 1. The monoisotopic (exact) mass is 289 g/mol. The van der Waals surface area contributed by atoms with Gasteiger partial charge < -0.3 is 15.7 Å². The highest BCUT2D eigenvalue weighted by Crippen LogP contribution is 2.37. The molecule has 8 heteroatoms. The number of aromatic nitrogens is 1. The summed E-state index contributed by atoms with van der Waals surface area (Å²) in [6.45, 7) is -0.853. The van der Waals surface area contributed by atoms with Gasteiger partial charge in [0, 0.05) is 18.7 Å². The van der Waals surface area contributed by atoms with E-state index in [1.807, 2.05) is 0 Å². The molecule has 0 spiro atoms. The highest BCUT2D eigenvalue weighted by atomic mass is 19.4. The fraction of sp³-hybridized carbons (Fsp3) is 0.500. The maximum atomic E-state index is 12.6. The summed E-state index contributed by atoms with van der Waals surface area (Å²) in [6.07, 6.45) is -3.98. The first-order valence-corrected chi connectivity index (χ1v) is 5.98. The van der Waals surface area contributed by atoms with Gasteiger partial charge in [-0.2, -0.15) is 13.2 Å². The Balaban J connectivity index is 2.00. The minimum absolute atomic E-state index is 0.117. The maximum Gasteiger partial charge on any atom is 0.419 e. The Morgan fingerprint density at radius 2 is 2.20 bits per heavy atom. The number of halogens is 3. The number of nitrogens with zero attached hydrogens (tertiary/aromatic N) is 2. The molecule has 1 aromatic heterocycles. The smallest absolute Gasteiger partial charge is 0.397 e. The molecule has 110 valence electrons. The zero-order chi connectivity index (χ0) is 15.0. The third-order valence-corrected chi connectivity index (χ3v) is 3.31. The van der Waals surface area contributed by atoms with E-state index in [1.54, 1.807) is 12.1 Å². The molecule has 0 aliphatic carbocycles. The lowest BCUT2D eigenvalue weighted by Gasteiger charge is -2.25. The van der Waals surface area contributed by atoms with Gasteiger partial charge in [0.25, 0.3) is 0 Å². The van der Waals surface area contributed by atoms with Gasteiger partial charge in [-0.25, -0.2) is 0 Å². The molecule has 0 saturated carbocycles. The van der Waals surface area contributed by atoms with E-state index in [-0.39, 0.29) is 13.0 Å². The lowest BCUT2D eigenvalue weighted by atomic mass is 10.0. The summed E-state index contributed by atoms with van der Waals surface area (Å²) in [5.74, 6) is -0.498. The molecule has 1 fully saturated rings. The second kappa shape index (κ2) is 4.93. The van der Waals surface area contributed by atoms with Crippen LogP contribution in [0.2, 0.25) is 0 Å². The van der Waals surface area contributed by atoms with Crippen molar-refractivity contribution in [2.75, 3.05) is 18.8 Å². The quantitative estimate of drug-likeness (QED) is 0.841. The molecule has 2 heterocycles. The number of β-amino-alcohol motifs (C(OH)–C–C–N with tert-alkyl or cyclic N) is 1. The van der Waals surface area contributed by atoms with Crippen molar-refractivity contribution in [1.29, 1.82) is 0 Å². The second-order valence-electron chi connectivity index (χ2n) is 4.85. The van der Waals surface area contributed by atoms with E-state index in [9.17, 15) is 23.1 Å². The Labute approximate surface area is 113 Å². The van der Waals surface area contributed by atoms with E-state index < -0.39 is 30.7 Å². The van der Waals surface area contributed by atoms with Gasteiger partial charge in [0.15, 0.2) is 5.60 Å². The largest absolute Gasteiger partial charge is 0.419 e. The van der Waals surface area contributed by atoms with Crippen molar-refractivity contribution in [1.82, 2.24) is 9.88 Å². The molecule has 1 aliphatic heterocycles. The van der Waals surface area contributed by atoms with Crippen LogP contribution in [0.25, 0.3) is 0 Å². The Hall–Kier alpha value is -1.83. The average molecular weight is 289 g/mol. The van der Waals surface area contributed by atoms with Crippen LogP contribution in [-0.2, 0) is 11.2 Å². The van der Waals surface area contributed by atoms with E-state index in [0.717, 1.165) is 4.90 Å². The highest BCUT2D eigenvalue weighted by Gasteiger charge is 2.57. The molecule has 0 bridgehead atoms. The molecule has 1 aliphatic rings. The topological polar surface area (TPSA) is 79.5 Å². The van der Waals surface area contributed by atoms with Gasteiger partial charge in [-0.15, -0.1) is 0 Å².